The van der Waals surface area contributed by atoms with E-state index in [1.54, 1.807) is 6.07 Å². The highest BCUT2D eigenvalue weighted by Gasteiger charge is 2.24. The molecule has 0 saturated heterocycles. The van der Waals surface area contributed by atoms with E-state index in [4.69, 9.17) is 10.5 Å². The first-order valence-electron chi connectivity index (χ1n) is 5.48. The van der Waals surface area contributed by atoms with Crippen LogP contribution in [0.3, 0.4) is 0 Å². The number of ether oxygens (including phenoxy) is 2. The average molecular weight is 236 g/mol. The minimum absolute atomic E-state index is 0.0378. The van der Waals surface area contributed by atoms with Crippen molar-refractivity contribution >= 4 is 17.3 Å². The first kappa shape index (κ1) is 11.6. The largest absolute Gasteiger partial charge is 0.487 e. The third kappa shape index (κ3) is 2.43. The van der Waals surface area contributed by atoms with Crippen molar-refractivity contribution < 1.29 is 14.3 Å². The van der Waals surface area contributed by atoms with Crippen LogP contribution in [0.1, 0.15) is 6.92 Å². The number of anilines is 2. The molecule has 1 heterocycles. The molecule has 1 unspecified atom stereocenters. The minimum Gasteiger partial charge on any atom is -0.487 e. The summed E-state index contributed by atoms with van der Waals surface area (Å²) in [4.78, 5) is 13.3. The molecule has 17 heavy (non-hydrogen) atoms. The predicted molar refractivity (Wildman–Crippen MR) is 65.2 cm³/mol. The number of nitrogens with two attached hydrogens (primary N) is 1. The Kier molecular flexibility index (Phi) is 3.08. The van der Waals surface area contributed by atoms with E-state index in [1.165, 1.54) is 7.11 Å². The Labute approximate surface area is 100 Å². The van der Waals surface area contributed by atoms with Crippen molar-refractivity contribution in [1.29, 1.82) is 0 Å². The second kappa shape index (κ2) is 4.53. The van der Waals surface area contributed by atoms with E-state index in [-0.39, 0.29) is 18.6 Å². The topological polar surface area (TPSA) is 64.8 Å². The Morgan fingerprint density at radius 2 is 2.41 bits per heavy atom. The number of fused-ring (bicyclic) bond motifs is 1. The number of benzene rings is 1. The summed E-state index contributed by atoms with van der Waals surface area (Å²) in [7, 11) is 1.38. The van der Waals surface area contributed by atoms with Crippen LogP contribution in [0, 0.1) is 0 Å². The molecule has 5 heteroatoms. The lowest BCUT2D eigenvalue weighted by molar-refractivity contribution is -0.139. The Balaban J connectivity index is 2.29. The molecular weight excluding hydrogens is 220 g/mol. The number of rotatable bonds is 2. The van der Waals surface area contributed by atoms with Gasteiger partial charge in [-0.05, 0) is 25.1 Å². The Morgan fingerprint density at radius 3 is 3.12 bits per heavy atom. The van der Waals surface area contributed by atoms with Gasteiger partial charge in [0.2, 0.25) is 0 Å². The van der Waals surface area contributed by atoms with Gasteiger partial charge in [-0.1, -0.05) is 0 Å². The quantitative estimate of drug-likeness (QED) is 0.613. The first-order chi connectivity index (χ1) is 8.10. The van der Waals surface area contributed by atoms with Gasteiger partial charge in [0.25, 0.3) is 0 Å². The summed E-state index contributed by atoms with van der Waals surface area (Å²) >= 11 is 0. The highest BCUT2D eigenvalue weighted by Crippen LogP contribution is 2.34. The molecule has 0 aliphatic carbocycles. The molecule has 1 aromatic carbocycles. The second-order valence-electron chi connectivity index (χ2n) is 4.11. The fraction of sp³-hybridized carbons (Fsp3) is 0.417. The molecule has 0 bridgehead atoms. The van der Waals surface area contributed by atoms with Crippen molar-refractivity contribution in [3.63, 3.8) is 0 Å². The zero-order valence-corrected chi connectivity index (χ0v) is 9.97. The SMILES string of the molecule is COC(=O)CN1CC(C)Oc2ccc(N)cc21. The van der Waals surface area contributed by atoms with Gasteiger partial charge < -0.3 is 20.1 Å². The van der Waals surface area contributed by atoms with Crippen molar-refractivity contribution in [3.05, 3.63) is 18.2 Å². The van der Waals surface area contributed by atoms with Gasteiger partial charge in [0, 0.05) is 5.69 Å². The molecule has 1 aliphatic heterocycles. The second-order valence-corrected chi connectivity index (χ2v) is 4.11. The smallest absolute Gasteiger partial charge is 0.325 e. The zero-order valence-electron chi connectivity index (χ0n) is 9.97. The van der Waals surface area contributed by atoms with Gasteiger partial charge in [0.1, 0.15) is 18.4 Å². The fourth-order valence-electron chi connectivity index (χ4n) is 1.91. The lowest BCUT2D eigenvalue weighted by atomic mass is 10.2. The molecule has 0 saturated carbocycles. The van der Waals surface area contributed by atoms with E-state index < -0.39 is 0 Å². The van der Waals surface area contributed by atoms with Crippen LogP contribution in [-0.2, 0) is 9.53 Å². The lowest BCUT2D eigenvalue weighted by Crippen LogP contribution is -2.41. The summed E-state index contributed by atoms with van der Waals surface area (Å²) in [6.07, 6.45) is 0.0378. The number of esters is 1. The summed E-state index contributed by atoms with van der Waals surface area (Å²) in [5, 5.41) is 0. The monoisotopic (exact) mass is 236 g/mol. The molecule has 1 aromatic rings. The van der Waals surface area contributed by atoms with Gasteiger partial charge in [0.05, 0.1) is 19.3 Å². The fourth-order valence-corrected chi connectivity index (χ4v) is 1.91. The molecule has 0 spiro atoms. The normalized spacial score (nSPS) is 18.2. The Hall–Kier alpha value is -1.91. The third-order valence-corrected chi connectivity index (χ3v) is 2.68. The standard InChI is InChI=1S/C12H16N2O3/c1-8-6-14(7-12(15)16-2)10-5-9(13)3-4-11(10)17-8/h3-5,8H,6-7,13H2,1-2H3. The van der Waals surface area contributed by atoms with E-state index in [9.17, 15) is 4.79 Å². The van der Waals surface area contributed by atoms with Gasteiger partial charge in [0.15, 0.2) is 0 Å². The summed E-state index contributed by atoms with van der Waals surface area (Å²) in [6, 6.07) is 5.42. The number of hydrogen-bond donors (Lipinski definition) is 1. The molecule has 2 N–H and O–H groups in total. The highest BCUT2D eigenvalue weighted by molar-refractivity contribution is 5.78. The third-order valence-electron chi connectivity index (χ3n) is 2.68. The molecule has 0 fully saturated rings. The Bertz CT molecular complexity index is 434. The molecule has 5 nitrogen and oxygen atoms in total. The summed E-state index contributed by atoms with van der Waals surface area (Å²) in [5.74, 6) is 0.481. The molecule has 1 aliphatic rings. The van der Waals surface area contributed by atoms with E-state index in [0.29, 0.717) is 12.2 Å². The van der Waals surface area contributed by atoms with Crippen LogP contribution in [-0.4, -0.2) is 32.3 Å². The maximum atomic E-state index is 11.3. The van der Waals surface area contributed by atoms with Crippen molar-refractivity contribution in [2.24, 2.45) is 0 Å². The summed E-state index contributed by atoms with van der Waals surface area (Å²) in [6.45, 7) is 2.82. The lowest BCUT2D eigenvalue weighted by Gasteiger charge is -2.34. The predicted octanol–water partition coefficient (Wildman–Crippen LogP) is 1.03. The molecule has 0 radical (unpaired) electrons. The van der Waals surface area contributed by atoms with Crippen LogP contribution >= 0.6 is 0 Å². The Morgan fingerprint density at radius 1 is 1.65 bits per heavy atom. The summed E-state index contributed by atoms with van der Waals surface area (Å²) < 4.78 is 10.4. The van der Waals surface area contributed by atoms with Gasteiger partial charge in [-0.15, -0.1) is 0 Å². The van der Waals surface area contributed by atoms with E-state index in [1.807, 2.05) is 24.0 Å². The number of hydrogen-bond acceptors (Lipinski definition) is 5. The average Bonchev–Trinajstić information content (AvgIpc) is 2.29. The van der Waals surface area contributed by atoms with Crippen LogP contribution < -0.4 is 15.4 Å². The molecule has 1 atom stereocenters. The van der Waals surface area contributed by atoms with Gasteiger partial charge in [-0.2, -0.15) is 0 Å². The van der Waals surface area contributed by atoms with E-state index >= 15 is 0 Å². The van der Waals surface area contributed by atoms with Crippen LogP contribution in [0.25, 0.3) is 0 Å². The highest BCUT2D eigenvalue weighted by atomic mass is 16.5. The van der Waals surface area contributed by atoms with Gasteiger partial charge >= 0.3 is 5.97 Å². The van der Waals surface area contributed by atoms with Crippen molar-refractivity contribution in [3.8, 4) is 5.75 Å². The van der Waals surface area contributed by atoms with Crippen molar-refractivity contribution in [1.82, 2.24) is 0 Å². The van der Waals surface area contributed by atoms with Crippen LogP contribution in [0.2, 0.25) is 0 Å². The van der Waals surface area contributed by atoms with Gasteiger partial charge in [-0.25, -0.2) is 0 Å². The molecular formula is C12H16N2O3. The summed E-state index contributed by atoms with van der Waals surface area (Å²) in [5.41, 5.74) is 7.23. The van der Waals surface area contributed by atoms with Crippen molar-refractivity contribution in [2.45, 2.75) is 13.0 Å². The number of nitrogens with zero attached hydrogens (tertiary/aromatic N) is 1. The maximum Gasteiger partial charge on any atom is 0.325 e. The number of carbonyl (C=O) groups is 1. The van der Waals surface area contributed by atoms with Crippen LogP contribution in [0.4, 0.5) is 11.4 Å². The zero-order chi connectivity index (χ0) is 12.4. The van der Waals surface area contributed by atoms with E-state index in [2.05, 4.69) is 4.74 Å². The van der Waals surface area contributed by atoms with Gasteiger partial charge in [-0.3, -0.25) is 4.79 Å². The molecule has 2 rings (SSSR count). The molecule has 0 aromatic heterocycles. The van der Waals surface area contributed by atoms with Crippen LogP contribution in [0.5, 0.6) is 5.75 Å². The number of nitrogen functional groups attached to an aromatic ring is 1. The van der Waals surface area contributed by atoms with Crippen molar-refractivity contribution in [2.75, 3.05) is 30.8 Å². The number of methoxy groups -OCH3 is 1. The van der Waals surface area contributed by atoms with Crippen LogP contribution in [0.15, 0.2) is 18.2 Å². The molecule has 92 valence electrons. The maximum absolute atomic E-state index is 11.3. The van der Waals surface area contributed by atoms with E-state index in [0.717, 1.165) is 11.4 Å². The minimum atomic E-state index is -0.271. The number of carbonyl (C=O) groups excluding carboxylic acids is 1. The first-order valence-corrected chi connectivity index (χ1v) is 5.48. The molecule has 0 amide bonds.